The summed E-state index contributed by atoms with van der Waals surface area (Å²) in [6.07, 6.45) is 3.58. The number of benzene rings is 2. The van der Waals surface area contributed by atoms with E-state index in [-0.39, 0.29) is 0 Å². The highest BCUT2D eigenvalue weighted by Gasteiger charge is 2.09. The lowest BCUT2D eigenvalue weighted by atomic mass is 10.1. The largest absolute Gasteiger partial charge is 0.254 e. The molecular weight excluding hydrogens is 272 g/mol. The van der Waals surface area contributed by atoms with Crippen LogP contribution in [0, 0.1) is 0 Å². The van der Waals surface area contributed by atoms with Crippen molar-refractivity contribution in [3.63, 3.8) is 0 Å². The third kappa shape index (κ3) is 1.52. The van der Waals surface area contributed by atoms with Gasteiger partial charge in [-0.2, -0.15) is 0 Å². The molecule has 3 aromatic heterocycles. The normalized spacial score (nSPS) is 11.6. The predicted molar refractivity (Wildman–Crippen MR) is 87.6 cm³/mol. The molecule has 0 bridgehead atoms. The molecule has 2 aromatic carbocycles. The maximum atomic E-state index is 4.79. The molecule has 0 unspecified atom stereocenters. The smallest absolute Gasteiger partial charge is 0.108 e. The van der Waals surface area contributed by atoms with Gasteiger partial charge in [-0.15, -0.1) is 0 Å². The maximum absolute atomic E-state index is 4.79. The molecule has 0 amide bonds. The number of hydrogen-bond acceptors (Lipinski definition) is 4. The Balaban J connectivity index is 2.02. The molecule has 0 N–H and O–H groups in total. The molecule has 0 atom stereocenters. The van der Waals surface area contributed by atoms with Gasteiger partial charge in [-0.25, -0.2) is 9.97 Å². The van der Waals surface area contributed by atoms with Gasteiger partial charge in [0.05, 0.1) is 23.4 Å². The van der Waals surface area contributed by atoms with Gasteiger partial charge in [-0.3, -0.25) is 9.97 Å². The summed E-state index contributed by atoms with van der Waals surface area (Å²) in [5, 5.41) is 2.03. The van der Waals surface area contributed by atoms with Gasteiger partial charge in [0.1, 0.15) is 22.1 Å². The van der Waals surface area contributed by atoms with Crippen LogP contribution in [0.5, 0.6) is 0 Å². The lowest BCUT2D eigenvalue weighted by molar-refractivity contribution is 1.33. The average molecular weight is 282 g/mol. The molecule has 4 heteroatoms. The molecule has 0 spiro atoms. The van der Waals surface area contributed by atoms with Crippen molar-refractivity contribution in [2.45, 2.75) is 0 Å². The fourth-order valence-corrected chi connectivity index (χ4v) is 2.87. The first-order valence-electron chi connectivity index (χ1n) is 7.09. The molecule has 3 heterocycles. The van der Waals surface area contributed by atoms with Crippen LogP contribution in [0.1, 0.15) is 0 Å². The van der Waals surface area contributed by atoms with E-state index in [1.54, 1.807) is 12.4 Å². The van der Waals surface area contributed by atoms with Crippen molar-refractivity contribution in [1.82, 2.24) is 19.9 Å². The second kappa shape index (κ2) is 4.18. The molecule has 22 heavy (non-hydrogen) atoms. The zero-order valence-corrected chi connectivity index (χ0v) is 11.6. The minimum Gasteiger partial charge on any atom is -0.254 e. The summed E-state index contributed by atoms with van der Waals surface area (Å²) in [5.41, 5.74) is 5.21. The van der Waals surface area contributed by atoms with Crippen molar-refractivity contribution in [2.75, 3.05) is 0 Å². The van der Waals surface area contributed by atoms with Gasteiger partial charge < -0.3 is 0 Å². The lowest BCUT2D eigenvalue weighted by Crippen LogP contribution is -1.92. The molecule has 4 nitrogen and oxygen atoms in total. The van der Waals surface area contributed by atoms with Crippen LogP contribution in [0.25, 0.3) is 43.9 Å². The molecule has 0 radical (unpaired) electrons. The molecule has 102 valence electrons. The fraction of sp³-hybridized carbons (Fsp3) is 0. The topological polar surface area (TPSA) is 51.6 Å². The van der Waals surface area contributed by atoms with Gasteiger partial charge in [-0.1, -0.05) is 36.4 Å². The van der Waals surface area contributed by atoms with Gasteiger partial charge in [0, 0.05) is 10.8 Å². The minimum atomic E-state index is 0.808. The standard InChI is InChI=1S/C18H10N4/c1-3-7-13-11(5-1)17-15(9-19-13)22-18-12-6-2-4-8-14(12)20-10-16(18)21-17/h1-10H. The number of para-hydroxylation sites is 2. The second-order valence-electron chi connectivity index (χ2n) is 5.24. The third-order valence-electron chi connectivity index (χ3n) is 3.92. The van der Waals surface area contributed by atoms with Crippen molar-refractivity contribution >= 4 is 43.9 Å². The van der Waals surface area contributed by atoms with Crippen molar-refractivity contribution in [2.24, 2.45) is 0 Å². The molecule has 0 fully saturated rings. The molecule has 0 saturated carbocycles. The quantitative estimate of drug-likeness (QED) is 0.319. The summed E-state index contributed by atoms with van der Waals surface area (Å²) in [6, 6.07) is 16.0. The summed E-state index contributed by atoms with van der Waals surface area (Å²) in [7, 11) is 0. The van der Waals surface area contributed by atoms with E-state index in [4.69, 9.17) is 9.97 Å². The van der Waals surface area contributed by atoms with Gasteiger partial charge in [0.2, 0.25) is 0 Å². The van der Waals surface area contributed by atoms with E-state index < -0.39 is 0 Å². The van der Waals surface area contributed by atoms with Crippen molar-refractivity contribution in [1.29, 1.82) is 0 Å². The molecular formula is C18H10N4. The number of rotatable bonds is 0. The van der Waals surface area contributed by atoms with E-state index in [0.29, 0.717) is 0 Å². The Labute approximate surface area is 125 Å². The Kier molecular flexibility index (Phi) is 2.19. The summed E-state index contributed by atoms with van der Waals surface area (Å²) >= 11 is 0. The van der Waals surface area contributed by atoms with Gasteiger partial charge in [0.15, 0.2) is 0 Å². The van der Waals surface area contributed by atoms with E-state index >= 15 is 0 Å². The van der Waals surface area contributed by atoms with Gasteiger partial charge in [0.25, 0.3) is 0 Å². The highest BCUT2D eigenvalue weighted by molar-refractivity contribution is 6.08. The predicted octanol–water partition coefficient (Wildman–Crippen LogP) is 3.88. The van der Waals surface area contributed by atoms with Crippen LogP contribution in [0.2, 0.25) is 0 Å². The highest BCUT2D eigenvalue weighted by Crippen LogP contribution is 2.26. The number of pyridine rings is 2. The zero-order chi connectivity index (χ0) is 14.5. The van der Waals surface area contributed by atoms with Crippen molar-refractivity contribution in [3.05, 3.63) is 60.9 Å². The first-order valence-corrected chi connectivity index (χ1v) is 7.09. The maximum Gasteiger partial charge on any atom is 0.108 e. The Morgan fingerprint density at radius 1 is 0.500 bits per heavy atom. The summed E-state index contributed by atoms with van der Waals surface area (Å²) in [5.74, 6) is 0. The summed E-state index contributed by atoms with van der Waals surface area (Å²) in [4.78, 5) is 18.5. The minimum absolute atomic E-state index is 0.808. The van der Waals surface area contributed by atoms with Gasteiger partial charge >= 0.3 is 0 Å². The van der Waals surface area contributed by atoms with Crippen LogP contribution in [0.15, 0.2) is 60.9 Å². The van der Waals surface area contributed by atoms with Crippen LogP contribution in [0.4, 0.5) is 0 Å². The van der Waals surface area contributed by atoms with E-state index in [1.807, 2.05) is 48.5 Å². The van der Waals surface area contributed by atoms with Crippen LogP contribution >= 0.6 is 0 Å². The van der Waals surface area contributed by atoms with Crippen LogP contribution < -0.4 is 0 Å². The first kappa shape index (κ1) is 11.5. The fourth-order valence-electron chi connectivity index (χ4n) is 2.87. The zero-order valence-electron chi connectivity index (χ0n) is 11.6. The number of hydrogen-bond donors (Lipinski definition) is 0. The van der Waals surface area contributed by atoms with E-state index in [0.717, 1.165) is 43.9 Å². The van der Waals surface area contributed by atoms with E-state index in [9.17, 15) is 0 Å². The van der Waals surface area contributed by atoms with Gasteiger partial charge in [-0.05, 0) is 12.1 Å². The van der Waals surface area contributed by atoms with Crippen LogP contribution in [0.3, 0.4) is 0 Å². The van der Waals surface area contributed by atoms with Crippen LogP contribution in [-0.4, -0.2) is 19.9 Å². The van der Waals surface area contributed by atoms with E-state index in [1.165, 1.54) is 0 Å². The lowest BCUT2D eigenvalue weighted by Gasteiger charge is -2.06. The SMILES string of the molecule is c1ccc2c(c1)ncc1nc3c(cnc4ccccc43)nc12. The third-order valence-corrected chi connectivity index (χ3v) is 3.92. The van der Waals surface area contributed by atoms with Crippen LogP contribution in [-0.2, 0) is 0 Å². The molecule has 5 rings (SSSR count). The summed E-state index contributed by atoms with van der Waals surface area (Å²) < 4.78 is 0. The Hall–Kier alpha value is -3.14. The monoisotopic (exact) mass is 282 g/mol. The Bertz CT molecular complexity index is 1090. The second-order valence-corrected chi connectivity index (χ2v) is 5.24. The highest BCUT2D eigenvalue weighted by atomic mass is 14.9. The molecule has 0 aliphatic carbocycles. The van der Waals surface area contributed by atoms with Crippen molar-refractivity contribution < 1.29 is 0 Å². The molecule has 0 aliphatic heterocycles. The average Bonchev–Trinajstić information content (AvgIpc) is 2.60. The molecule has 5 aromatic rings. The number of nitrogens with zero attached hydrogens (tertiary/aromatic N) is 4. The summed E-state index contributed by atoms with van der Waals surface area (Å²) in [6.45, 7) is 0. The number of fused-ring (bicyclic) bond motifs is 6. The Morgan fingerprint density at radius 3 is 1.45 bits per heavy atom. The van der Waals surface area contributed by atoms with Crippen molar-refractivity contribution in [3.8, 4) is 0 Å². The van der Waals surface area contributed by atoms with E-state index in [2.05, 4.69) is 9.97 Å². The first-order chi connectivity index (χ1) is 10.9. The molecule has 0 saturated heterocycles. The Morgan fingerprint density at radius 2 is 0.955 bits per heavy atom. The number of aromatic nitrogens is 4. The molecule has 0 aliphatic rings.